The lowest BCUT2D eigenvalue weighted by Crippen LogP contribution is -2.42. The molecule has 0 aromatic heterocycles. The number of hydrogen-bond acceptors (Lipinski definition) is 15. The molecule has 47 heavy (non-hydrogen) atoms. The van der Waals surface area contributed by atoms with Gasteiger partial charge in [0, 0.05) is 93.2 Å². The minimum absolute atomic E-state index is 0.0211. The van der Waals surface area contributed by atoms with E-state index < -0.39 is 29.8 Å². The van der Waals surface area contributed by atoms with Gasteiger partial charge in [-0.2, -0.15) is 0 Å². The van der Waals surface area contributed by atoms with Crippen molar-refractivity contribution in [2.75, 3.05) is 92.8 Å². The van der Waals surface area contributed by atoms with Gasteiger partial charge in [-0.05, 0) is 37.1 Å². The first kappa shape index (κ1) is 40.6. The molecule has 0 amide bonds. The van der Waals surface area contributed by atoms with Crippen LogP contribution in [0.5, 0.6) is 23.0 Å². The lowest BCUT2D eigenvalue weighted by atomic mass is 10.2. The minimum Gasteiger partial charge on any atom is -0.506 e. The second kappa shape index (κ2) is 21.4. The lowest BCUT2D eigenvalue weighted by Gasteiger charge is -2.24. The van der Waals surface area contributed by atoms with Gasteiger partial charge in [0.1, 0.15) is 23.0 Å². The van der Waals surface area contributed by atoms with Crippen molar-refractivity contribution in [2.24, 2.45) is 0 Å². The van der Waals surface area contributed by atoms with E-state index in [0.29, 0.717) is 61.0 Å². The largest absolute Gasteiger partial charge is 0.506 e. The van der Waals surface area contributed by atoms with Gasteiger partial charge in [-0.15, -0.1) is 0 Å². The monoisotopic (exact) mass is 704 g/mol. The van der Waals surface area contributed by atoms with Crippen LogP contribution in [0.4, 0.5) is 11.4 Å². The maximum Gasteiger partial charge on any atom is 0.500 e. The third-order valence-corrected chi connectivity index (χ3v) is 12.9. The van der Waals surface area contributed by atoms with Crippen molar-refractivity contribution in [3.8, 4) is 23.0 Å². The van der Waals surface area contributed by atoms with Gasteiger partial charge >= 0.3 is 17.6 Å². The fourth-order valence-electron chi connectivity index (χ4n) is 4.48. The summed E-state index contributed by atoms with van der Waals surface area (Å²) >= 11 is 0. The highest BCUT2D eigenvalue weighted by Crippen LogP contribution is 2.34. The van der Waals surface area contributed by atoms with Gasteiger partial charge in [0.25, 0.3) is 0 Å². The van der Waals surface area contributed by atoms with Crippen LogP contribution in [-0.4, -0.2) is 132 Å². The number of nitrogens with one attached hydrogen (secondary N) is 2. The Kier molecular flexibility index (Phi) is 18.5. The third kappa shape index (κ3) is 13.9. The average Bonchev–Trinajstić information content (AvgIpc) is 3.09. The van der Waals surface area contributed by atoms with Crippen LogP contribution >= 0.6 is 0 Å². The number of phenolic OH excluding ortho intramolecular Hbond substituents is 2. The van der Waals surface area contributed by atoms with Crippen LogP contribution in [0.1, 0.15) is 12.8 Å². The van der Waals surface area contributed by atoms with E-state index in [-0.39, 0.29) is 37.8 Å². The Bertz CT molecular complexity index is 1050. The maximum absolute atomic E-state index is 10.3. The molecule has 15 nitrogen and oxygen atoms in total. The van der Waals surface area contributed by atoms with E-state index in [2.05, 4.69) is 10.6 Å². The normalized spacial score (nSPS) is 13.4. The van der Waals surface area contributed by atoms with Crippen LogP contribution < -0.4 is 15.4 Å². The van der Waals surface area contributed by atoms with Crippen molar-refractivity contribution in [1.82, 2.24) is 0 Å². The highest BCUT2D eigenvalue weighted by atomic mass is 28.4. The number of benzene rings is 2. The number of hydrogen-bond donors (Lipinski definition) is 6. The van der Waals surface area contributed by atoms with E-state index in [1.165, 1.54) is 12.1 Å². The van der Waals surface area contributed by atoms with Crippen molar-refractivity contribution < 1.29 is 61.2 Å². The van der Waals surface area contributed by atoms with E-state index >= 15 is 0 Å². The summed E-state index contributed by atoms with van der Waals surface area (Å²) in [7, 11) is 4.02. The van der Waals surface area contributed by atoms with Gasteiger partial charge in [-0.3, -0.25) is 0 Å². The van der Waals surface area contributed by atoms with Crippen LogP contribution in [0.25, 0.3) is 0 Å². The molecule has 17 heteroatoms. The first-order valence-electron chi connectivity index (χ1n) is 15.2. The van der Waals surface area contributed by atoms with Gasteiger partial charge in [-0.25, -0.2) is 0 Å². The molecule has 2 unspecified atom stereocenters. The molecule has 0 saturated heterocycles. The van der Waals surface area contributed by atoms with E-state index in [1.54, 1.807) is 66.9 Å². The van der Waals surface area contributed by atoms with Gasteiger partial charge in [0.15, 0.2) is 0 Å². The fraction of sp³-hybridized carbons (Fsp3) is 0.600. The summed E-state index contributed by atoms with van der Waals surface area (Å²) in [5, 5.41) is 47.3. The zero-order chi connectivity index (χ0) is 34.7. The van der Waals surface area contributed by atoms with Crippen molar-refractivity contribution in [2.45, 2.75) is 37.1 Å². The molecule has 0 fully saturated rings. The van der Waals surface area contributed by atoms with Gasteiger partial charge in [0.2, 0.25) is 0 Å². The fourth-order valence-corrected chi connectivity index (χ4v) is 7.86. The number of ether oxygens (including phenoxy) is 3. The highest BCUT2D eigenvalue weighted by Gasteiger charge is 2.37. The summed E-state index contributed by atoms with van der Waals surface area (Å²) < 4.78 is 49.4. The summed E-state index contributed by atoms with van der Waals surface area (Å²) in [6.45, 7) is 1.23. The summed E-state index contributed by atoms with van der Waals surface area (Å²) in [4.78, 5) is 0. The average molecular weight is 705 g/mol. The van der Waals surface area contributed by atoms with E-state index in [1.807, 2.05) is 0 Å². The lowest BCUT2D eigenvalue weighted by molar-refractivity contribution is 0.0411. The van der Waals surface area contributed by atoms with E-state index in [4.69, 9.17) is 40.8 Å². The van der Waals surface area contributed by atoms with Crippen molar-refractivity contribution in [3.05, 3.63) is 36.4 Å². The first-order valence-corrected chi connectivity index (χ1v) is 19.1. The molecule has 0 spiro atoms. The van der Waals surface area contributed by atoms with Gasteiger partial charge < -0.3 is 71.8 Å². The van der Waals surface area contributed by atoms with Crippen molar-refractivity contribution >= 4 is 29.0 Å². The second-order valence-corrected chi connectivity index (χ2v) is 16.7. The number of anilines is 2. The first-order chi connectivity index (χ1) is 22.6. The van der Waals surface area contributed by atoms with Crippen LogP contribution in [0, 0.1) is 0 Å². The maximum atomic E-state index is 10.3. The van der Waals surface area contributed by atoms with Gasteiger partial charge in [0.05, 0.1) is 36.8 Å². The summed E-state index contributed by atoms with van der Waals surface area (Å²) in [5.41, 5.74) is 0.718. The Morgan fingerprint density at radius 3 is 1.30 bits per heavy atom. The number of aliphatic hydroxyl groups excluding tert-OH is 2. The Morgan fingerprint density at radius 2 is 0.957 bits per heavy atom. The van der Waals surface area contributed by atoms with Crippen LogP contribution in [0.15, 0.2) is 36.4 Å². The number of aliphatic hydroxyl groups is 2. The quantitative estimate of drug-likeness (QED) is 0.0476. The Morgan fingerprint density at radius 1 is 0.596 bits per heavy atom. The molecule has 2 atom stereocenters. The van der Waals surface area contributed by atoms with Crippen LogP contribution in [0.3, 0.4) is 0 Å². The molecule has 0 aliphatic rings. The molecule has 2 rings (SSSR count). The minimum atomic E-state index is -2.66. The SMILES string of the molecule is CO[Si](CCCOCC(O)CNc1cc(Oc2ccc(O)c(NCC(O)COCCC[Si](OC)(OC)OC)c2)ccc1O)(OC)OC. The Hall–Kier alpha value is -2.53. The van der Waals surface area contributed by atoms with Crippen molar-refractivity contribution in [3.63, 3.8) is 0 Å². The summed E-state index contributed by atoms with van der Waals surface area (Å²) in [6, 6.07) is 10.5. The predicted octanol–water partition coefficient (Wildman–Crippen LogP) is 3.01. The zero-order valence-corrected chi connectivity index (χ0v) is 30.2. The van der Waals surface area contributed by atoms with Gasteiger partial charge in [-0.1, -0.05) is 0 Å². The molecule has 6 N–H and O–H groups in total. The standard InChI is InChI=1S/C30H52N2O13Si2/c1-37-46(38-2,39-3)15-7-13-43-21-23(33)19-31-27-17-25(9-11-29(27)35)45-26-10-12-30(36)28(18-26)32-20-24(34)22-44-14-8-16-47(40-4,41-5)42-6/h9-12,17-18,23-24,31-36H,7-8,13-16,19-22H2,1-6H3. The zero-order valence-electron chi connectivity index (χ0n) is 28.2. The van der Waals surface area contributed by atoms with Crippen LogP contribution in [-0.2, 0) is 36.0 Å². The molecule has 0 saturated carbocycles. The Balaban J connectivity index is 1.80. The molecule has 0 bridgehead atoms. The molecule has 2 aromatic carbocycles. The topological polar surface area (TPSA) is 188 Å². The smallest absolute Gasteiger partial charge is 0.500 e. The molecular weight excluding hydrogens is 653 g/mol. The Labute approximate surface area is 279 Å². The number of phenols is 2. The van der Waals surface area contributed by atoms with Crippen molar-refractivity contribution in [1.29, 1.82) is 0 Å². The molecule has 0 aliphatic carbocycles. The summed E-state index contributed by atoms with van der Waals surface area (Å²) in [6.07, 6.45) is -0.367. The van der Waals surface area contributed by atoms with E-state index in [9.17, 15) is 20.4 Å². The van der Waals surface area contributed by atoms with E-state index in [0.717, 1.165) is 0 Å². The number of rotatable bonds is 26. The van der Waals surface area contributed by atoms with Crippen LogP contribution in [0.2, 0.25) is 12.1 Å². The second-order valence-electron chi connectivity index (χ2n) is 10.5. The third-order valence-electron chi connectivity index (χ3n) is 7.26. The molecule has 2 aromatic rings. The highest BCUT2D eigenvalue weighted by molar-refractivity contribution is 6.60. The predicted molar refractivity (Wildman–Crippen MR) is 179 cm³/mol. The molecule has 0 aliphatic heterocycles. The molecular formula is C30H52N2O13Si2. The molecule has 268 valence electrons. The molecule has 0 heterocycles. The molecule has 0 radical (unpaired) electrons. The summed E-state index contributed by atoms with van der Waals surface area (Å²) in [5.74, 6) is 0.774. The number of aromatic hydroxyl groups is 2.